The van der Waals surface area contributed by atoms with Gasteiger partial charge in [0, 0.05) is 78.5 Å². The lowest BCUT2D eigenvalue weighted by molar-refractivity contribution is -0.118. The van der Waals surface area contributed by atoms with Crippen LogP contribution in [-0.4, -0.2) is 54.0 Å². The van der Waals surface area contributed by atoms with Crippen molar-refractivity contribution >= 4 is 63.0 Å². The normalized spacial score (nSPS) is 14.0. The molecule has 224 valence electrons. The van der Waals surface area contributed by atoms with E-state index in [1.807, 2.05) is 42.6 Å². The first kappa shape index (κ1) is 29.5. The number of rotatable bonds is 8. The van der Waals surface area contributed by atoms with Gasteiger partial charge in [0.05, 0.1) is 16.3 Å². The molecule has 1 saturated heterocycles. The van der Waals surface area contributed by atoms with Crippen molar-refractivity contribution in [2.24, 2.45) is 0 Å². The second kappa shape index (κ2) is 13.0. The monoisotopic (exact) mass is 630 g/mol. The van der Waals surface area contributed by atoms with E-state index in [4.69, 9.17) is 23.2 Å². The lowest BCUT2D eigenvalue weighted by atomic mass is 10.0. The maximum absolute atomic E-state index is 15.4. The second-order valence-corrected chi connectivity index (χ2v) is 11.4. The Morgan fingerprint density at radius 2 is 1.68 bits per heavy atom. The Bertz CT molecular complexity index is 1810. The fourth-order valence-electron chi connectivity index (χ4n) is 5.46. The van der Waals surface area contributed by atoms with Gasteiger partial charge in [-0.05, 0) is 60.2 Å². The van der Waals surface area contributed by atoms with Crippen molar-refractivity contribution in [2.45, 2.75) is 12.5 Å². The number of hydrogen-bond acceptors (Lipinski definition) is 5. The van der Waals surface area contributed by atoms with E-state index in [0.717, 1.165) is 22.2 Å². The summed E-state index contributed by atoms with van der Waals surface area (Å²) in [5.41, 5.74) is 3.75. The van der Waals surface area contributed by atoms with Crippen molar-refractivity contribution in [3.05, 3.63) is 118 Å². The summed E-state index contributed by atoms with van der Waals surface area (Å²) >= 11 is 12.4. The molecule has 0 aliphatic carbocycles. The minimum atomic E-state index is -0.971. The first-order valence-electron chi connectivity index (χ1n) is 14.2. The number of piperazine rings is 1. The number of benzene rings is 3. The maximum Gasteiger partial charge on any atom is 0.254 e. The van der Waals surface area contributed by atoms with Gasteiger partial charge in [0.1, 0.15) is 11.9 Å². The summed E-state index contributed by atoms with van der Waals surface area (Å²) in [5, 5.41) is 7.70. The van der Waals surface area contributed by atoms with Gasteiger partial charge < -0.3 is 25.4 Å². The molecule has 1 fully saturated rings. The predicted octanol–water partition coefficient (Wildman–Crippen LogP) is 6.32. The van der Waals surface area contributed by atoms with Gasteiger partial charge in [0.25, 0.3) is 5.91 Å². The summed E-state index contributed by atoms with van der Waals surface area (Å²) < 4.78 is 15.4. The largest absolute Gasteiger partial charge is 0.368 e. The van der Waals surface area contributed by atoms with Gasteiger partial charge >= 0.3 is 0 Å². The van der Waals surface area contributed by atoms with E-state index in [9.17, 15) is 9.59 Å². The summed E-state index contributed by atoms with van der Waals surface area (Å²) in [6, 6.07) is 20.0. The number of nitrogens with zero attached hydrogens (tertiary/aromatic N) is 3. The lowest BCUT2D eigenvalue weighted by Crippen LogP contribution is -2.47. The van der Waals surface area contributed by atoms with Crippen LogP contribution in [0.4, 0.5) is 21.5 Å². The molecule has 3 aromatic carbocycles. The molecule has 0 radical (unpaired) electrons. The highest BCUT2D eigenvalue weighted by Gasteiger charge is 2.26. The number of fused-ring (bicyclic) bond motifs is 1. The number of carbonyl (C=O) groups is 2. The molecule has 1 aliphatic heterocycles. The van der Waals surface area contributed by atoms with E-state index in [2.05, 4.69) is 30.4 Å². The fraction of sp³-hybridized carbons (Fsp3) is 0.182. The average molecular weight is 632 g/mol. The van der Waals surface area contributed by atoms with Gasteiger partial charge in [-0.25, -0.2) is 4.39 Å². The molecule has 1 aliphatic rings. The quantitative estimate of drug-likeness (QED) is 0.187. The van der Waals surface area contributed by atoms with Crippen LogP contribution < -0.4 is 20.4 Å². The summed E-state index contributed by atoms with van der Waals surface area (Å²) in [4.78, 5) is 38.2. The van der Waals surface area contributed by atoms with Crippen molar-refractivity contribution in [3.8, 4) is 0 Å². The zero-order valence-electron chi connectivity index (χ0n) is 23.6. The number of aromatic amines is 1. The van der Waals surface area contributed by atoms with E-state index in [1.54, 1.807) is 36.7 Å². The van der Waals surface area contributed by atoms with Gasteiger partial charge in [-0.1, -0.05) is 41.4 Å². The van der Waals surface area contributed by atoms with Gasteiger partial charge in [0.15, 0.2) is 0 Å². The number of amides is 2. The molecule has 5 aromatic rings. The van der Waals surface area contributed by atoms with Crippen LogP contribution >= 0.6 is 23.2 Å². The minimum absolute atomic E-state index is 0.138. The summed E-state index contributed by atoms with van der Waals surface area (Å²) in [5.74, 6) is -1.76. The van der Waals surface area contributed by atoms with Gasteiger partial charge in [-0.15, -0.1) is 0 Å². The molecule has 44 heavy (non-hydrogen) atoms. The third-order valence-electron chi connectivity index (χ3n) is 7.76. The van der Waals surface area contributed by atoms with E-state index in [-0.39, 0.29) is 12.0 Å². The Labute approximate surface area is 263 Å². The van der Waals surface area contributed by atoms with Crippen LogP contribution in [0.3, 0.4) is 0 Å². The third kappa shape index (κ3) is 6.49. The molecule has 2 amide bonds. The highest BCUT2D eigenvalue weighted by atomic mass is 35.5. The van der Waals surface area contributed by atoms with Crippen molar-refractivity contribution in [1.29, 1.82) is 0 Å². The van der Waals surface area contributed by atoms with Crippen LogP contribution in [0.1, 0.15) is 15.9 Å². The number of pyridine rings is 1. The van der Waals surface area contributed by atoms with Crippen LogP contribution in [0.5, 0.6) is 0 Å². The molecule has 11 heteroatoms. The maximum atomic E-state index is 15.4. The predicted molar refractivity (Wildman–Crippen MR) is 173 cm³/mol. The number of hydrogen-bond donors (Lipinski definition) is 3. The van der Waals surface area contributed by atoms with Crippen molar-refractivity contribution in [1.82, 2.24) is 15.3 Å². The molecule has 6 rings (SSSR count). The highest BCUT2D eigenvalue weighted by molar-refractivity contribution is 6.36. The Kier molecular flexibility index (Phi) is 8.67. The number of para-hydroxylation sites is 1. The zero-order chi connectivity index (χ0) is 30.6. The summed E-state index contributed by atoms with van der Waals surface area (Å²) in [7, 11) is 0. The molecule has 3 N–H and O–H groups in total. The van der Waals surface area contributed by atoms with Gasteiger partial charge in [0.2, 0.25) is 5.91 Å². The Morgan fingerprint density at radius 3 is 2.43 bits per heavy atom. The Balaban J connectivity index is 1.16. The molecular formula is C33H29Cl2FN6O2. The number of carbonyl (C=O) groups excluding carboxylic acids is 2. The van der Waals surface area contributed by atoms with Crippen LogP contribution in [0.2, 0.25) is 10.0 Å². The van der Waals surface area contributed by atoms with Crippen molar-refractivity contribution in [2.75, 3.05) is 41.3 Å². The Hall–Kier alpha value is -4.60. The average Bonchev–Trinajstić information content (AvgIpc) is 3.44. The van der Waals surface area contributed by atoms with Crippen LogP contribution in [0, 0.1) is 5.82 Å². The summed E-state index contributed by atoms with van der Waals surface area (Å²) in [6.45, 7) is 2.66. The third-order valence-corrected chi connectivity index (χ3v) is 8.30. The number of halogens is 3. The molecule has 0 bridgehead atoms. The zero-order valence-corrected chi connectivity index (χ0v) is 25.1. The van der Waals surface area contributed by atoms with E-state index >= 15 is 4.39 Å². The number of anilines is 3. The standard InChI is InChI=1S/C33H29Cl2FN6O2/c34-22-5-8-31(27(35)18-22)42-15-13-41(14-16-42)24-6-7-26(28(36)19-24)32(43)40-30(33(44)39-23-9-11-37-12-10-23)17-21-20-38-29-4-2-1-3-25(21)29/h1-12,18-20,30,38H,13-17H2,(H,40,43)(H,37,39,44)/t30-/m1/s1. The molecule has 8 nitrogen and oxygen atoms in total. The molecule has 2 aromatic heterocycles. The molecule has 1 atom stereocenters. The molecule has 0 spiro atoms. The molecular weight excluding hydrogens is 602 g/mol. The highest BCUT2D eigenvalue weighted by Crippen LogP contribution is 2.30. The lowest BCUT2D eigenvalue weighted by Gasteiger charge is -2.37. The van der Waals surface area contributed by atoms with Crippen LogP contribution in [0.25, 0.3) is 10.9 Å². The number of nitrogens with one attached hydrogen (secondary N) is 3. The fourth-order valence-corrected chi connectivity index (χ4v) is 5.99. The van der Waals surface area contributed by atoms with Crippen molar-refractivity contribution in [3.63, 3.8) is 0 Å². The topological polar surface area (TPSA) is 93.4 Å². The smallest absolute Gasteiger partial charge is 0.254 e. The SMILES string of the molecule is O=C(N[C@H](Cc1c[nH]c2ccccc12)C(=O)Nc1ccncc1)c1ccc(N2CCN(c3ccc(Cl)cc3Cl)CC2)cc1F. The Morgan fingerprint density at radius 1 is 0.932 bits per heavy atom. The van der Waals surface area contributed by atoms with Crippen LogP contribution in [0.15, 0.2) is 91.4 Å². The first-order valence-corrected chi connectivity index (χ1v) is 14.9. The molecule has 0 saturated carbocycles. The number of aromatic nitrogens is 2. The van der Waals surface area contributed by atoms with E-state index in [0.29, 0.717) is 47.6 Å². The number of H-pyrrole nitrogens is 1. The van der Waals surface area contributed by atoms with Crippen LogP contribution in [-0.2, 0) is 11.2 Å². The van der Waals surface area contributed by atoms with Gasteiger partial charge in [-0.2, -0.15) is 0 Å². The summed E-state index contributed by atoms with van der Waals surface area (Å²) in [6.07, 6.45) is 5.15. The van der Waals surface area contributed by atoms with E-state index in [1.165, 1.54) is 12.1 Å². The second-order valence-electron chi connectivity index (χ2n) is 10.5. The minimum Gasteiger partial charge on any atom is -0.368 e. The van der Waals surface area contributed by atoms with Crippen molar-refractivity contribution < 1.29 is 14.0 Å². The molecule has 3 heterocycles. The van der Waals surface area contributed by atoms with Gasteiger partial charge in [-0.3, -0.25) is 14.6 Å². The van der Waals surface area contributed by atoms with E-state index < -0.39 is 23.7 Å². The molecule has 0 unspecified atom stereocenters. The first-order chi connectivity index (χ1) is 21.4.